The van der Waals surface area contributed by atoms with Crippen molar-refractivity contribution < 1.29 is 9.90 Å². The molecule has 1 aromatic rings. The highest BCUT2D eigenvalue weighted by Crippen LogP contribution is 2.28. The minimum atomic E-state index is -0.437. The Bertz CT molecular complexity index is 420. The summed E-state index contributed by atoms with van der Waals surface area (Å²) in [6, 6.07) is 7.90. The van der Waals surface area contributed by atoms with Gasteiger partial charge in [-0.3, -0.25) is 4.79 Å². The maximum Gasteiger partial charge on any atom is 0.221 e. The van der Waals surface area contributed by atoms with Crippen molar-refractivity contribution in [2.24, 2.45) is 0 Å². The Balaban J connectivity index is 2.23. The fourth-order valence-corrected chi connectivity index (χ4v) is 2.29. The van der Waals surface area contributed by atoms with Gasteiger partial charge in [-0.2, -0.15) is 0 Å². The molecule has 0 aromatic heterocycles. The number of carbonyl (C=O) groups excluding carboxylic acids is 1. The molecule has 2 N–H and O–H groups in total. The number of nitrogens with one attached hydrogen (secondary N) is 1. The molecule has 1 fully saturated rings. The van der Waals surface area contributed by atoms with Crippen LogP contribution in [0.4, 0.5) is 5.69 Å². The van der Waals surface area contributed by atoms with Crippen molar-refractivity contribution in [3.05, 3.63) is 29.8 Å². The van der Waals surface area contributed by atoms with Crippen LogP contribution in [0.5, 0.6) is 0 Å². The van der Waals surface area contributed by atoms with Crippen molar-refractivity contribution in [2.75, 3.05) is 24.5 Å². The van der Waals surface area contributed by atoms with E-state index in [-0.39, 0.29) is 5.91 Å². The first-order valence-corrected chi connectivity index (χ1v) is 6.51. The van der Waals surface area contributed by atoms with Crippen molar-refractivity contribution in [1.29, 1.82) is 0 Å². The molecule has 1 aliphatic rings. The van der Waals surface area contributed by atoms with Crippen molar-refractivity contribution in [2.45, 2.75) is 25.9 Å². The summed E-state index contributed by atoms with van der Waals surface area (Å²) in [7, 11) is 0. The highest BCUT2D eigenvalue weighted by atomic mass is 16.3. The van der Waals surface area contributed by atoms with E-state index in [1.807, 2.05) is 31.2 Å². The van der Waals surface area contributed by atoms with Gasteiger partial charge in [0.15, 0.2) is 0 Å². The first-order chi connectivity index (χ1) is 8.72. The summed E-state index contributed by atoms with van der Waals surface area (Å²) in [4.78, 5) is 13.5. The van der Waals surface area contributed by atoms with Gasteiger partial charge in [-0.1, -0.05) is 25.1 Å². The number of carbonyl (C=O) groups is 1. The molecule has 0 saturated carbocycles. The fraction of sp³-hybridized carbons (Fsp3) is 0.500. The molecule has 4 nitrogen and oxygen atoms in total. The Hall–Kier alpha value is -1.55. The second-order valence-corrected chi connectivity index (χ2v) is 4.57. The second kappa shape index (κ2) is 5.87. The van der Waals surface area contributed by atoms with Crippen LogP contribution in [0.1, 0.15) is 31.4 Å². The van der Waals surface area contributed by atoms with Gasteiger partial charge in [0.2, 0.25) is 5.91 Å². The van der Waals surface area contributed by atoms with Gasteiger partial charge >= 0.3 is 0 Å². The molecule has 0 aliphatic carbocycles. The Morgan fingerprint density at radius 2 is 2.17 bits per heavy atom. The number of amides is 1. The minimum absolute atomic E-state index is 0.103. The third-order valence-corrected chi connectivity index (χ3v) is 3.34. The predicted molar refractivity (Wildman–Crippen MR) is 71.5 cm³/mol. The molecule has 1 aliphatic heterocycles. The van der Waals surface area contributed by atoms with Crippen LogP contribution in [0.2, 0.25) is 0 Å². The van der Waals surface area contributed by atoms with E-state index in [2.05, 4.69) is 10.2 Å². The predicted octanol–water partition coefficient (Wildman–Crippen LogP) is 1.46. The SMILES string of the molecule is CCC(O)c1ccccc1N1CCNC(=O)CC1. The number of hydrogen-bond acceptors (Lipinski definition) is 3. The fourth-order valence-electron chi connectivity index (χ4n) is 2.29. The average molecular weight is 248 g/mol. The zero-order chi connectivity index (χ0) is 13.0. The van der Waals surface area contributed by atoms with Crippen molar-refractivity contribution in [3.63, 3.8) is 0 Å². The lowest BCUT2D eigenvalue weighted by Crippen LogP contribution is -2.29. The minimum Gasteiger partial charge on any atom is -0.388 e. The Morgan fingerprint density at radius 3 is 2.94 bits per heavy atom. The maximum atomic E-state index is 11.3. The lowest BCUT2D eigenvalue weighted by molar-refractivity contribution is -0.120. The smallest absolute Gasteiger partial charge is 0.221 e. The molecule has 0 spiro atoms. The molecule has 98 valence electrons. The number of benzene rings is 1. The van der Waals surface area contributed by atoms with Crippen LogP contribution in [0, 0.1) is 0 Å². The Labute approximate surface area is 108 Å². The zero-order valence-electron chi connectivity index (χ0n) is 10.7. The monoisotopic (exact) mass is 248 g/mol. The first kappa shape index (κ1) is 12.9. The maximum absolute atomic E-state index is 11.3. The summed E-state index contributed by atoms with van der Waals surface area (Å²) < 4.78 is 0. The molecule has 4 heteroatoms. The zero-order valence-corrected chi connectivity index (χ0v) is 10.7. The third-order valence-electron chi connectivity index (χ3n) is 3.34. The van der Waals surface area contributed by atoms with E-state index in [0.717, 1.165) is 17.8 Å². The van der Waals surface area contributed by atoms with Crippen LogP contribution in [0.15, 0.2) is 24.3 Å². The number of anilines is 1. The molecule has 1 amide bonds. The summed E-state index contributed by atoms with van der Waals surface area (Å²) in [5, 5.41) is 12.9. The van der Waals surface area contributed by atoms with E-state index in [0.29, 0.717) is 25.9 Å². The summed E-state index contributed by atoms with van der Waals surface area (Å²) in [6.07, 6.45) is 0.770. The third kappa shape index (κ3) is 2.82. The molecule has 1 aromatic carbocycles. The van der Waals surface area contributed by atoms with E-state index in [1.165, 1.54) is 0 Å². The Morgan fingerprint density at radius 1 is 1.39 bits per heavy atom. The van der Waals surface area contributed by atoms with Gasteiger partial charge in [0, 0.05) is 37.3 Å². The van der Waals surface area contributed by atoms with Gasteiger partial charge in [0.05, 0.1) is 6.10 Å². The van der Waals surface area contributed by atoms with Gasteiger partial charge in [-0.05, 0) is 12.5 Å². The van der Waals surface area contributed by atoms with E-state index < -0.39 is 6.10 Å². The van der Waals surface area contributed by atoms with Crippen molar-refractivity contribution in [1.82, 2.24) is 5.32 Å². The van der Waals surface area contributed by atoms with Gasteiger partial charge in [-0.15, -0.1) is 0 Å². The molecule has 2 rings (SSSR count). The first-order valence-electron chi connectivity index (χ1n) is 6.51. The number of aliphatic hydroxyl groups excluding tert-OH is 1. The highest BCUT2D eigenvalue weighted by molar-refractivity contribution is 5.77. The normalized spacial score (nSPS) is 18.1. The van der Waals surface area contributed by atoms with Crippen molar-refractivity contribution >= 4 is 11.6 Å². The largest absolute Gasteiger partial charge is 0.388 e. The van der Waals surface area contributed by atoms with Crippen LogP contribution < -0.4 is 10.2 Å². The van der Waals surface area contributed by atoms with Gasteiger partial charge in [0.25, 0.3) is 0 Å². The van der Waals surface area contributed by atoms with Crippen LogP contribution in [0.3, 0.4) is 0 Å². The molecule has 1 unspecified atom stereocenters. The number of nitrogens with zero attached hydrogens (tertiary/aromatic N) is 1. The van der Waals surface area contributed by atoms with Crippen LogP contribution >= 0.6 is 0 Å². The molecule has 0 radical (unpaired) electrons. The Kier molecular flexibility index (Phi) is 4.20. The van der Waals surface area contributed by atoms with E-state index >= 15 is 0 Å². The van der Waals surface area contributed by atoms with E-state index in [1.54, 1.807) is 0 Å². The molecule has 1 saturated heterocycles. The van der Waals surface area contributed by atoms with Gasteiger partial charge < -0.3 is 15.3 Å². The highest BCUT2D eigenvalue weighted by Gasteiger charge is 2.18. The molecule has 1 atom stereocenters. The number of aliphatic hydroxyl groups is 1. The molecule has 18 heavy (non-hydrogen) atoms. The molecule has 1 heterocycles. The van der Waals surface area contributed by atoms with Crippen LogP contribution in [-0.2, 0) is 4.79 Å². The van der Waals surface area contributed by atoms with Crippen molar-refractivity contribution in [3.8, 4) is 0 Å². The van der Waals surface area contributed by atoms with E-state index in [4.69, 9.17) is 0 Å². The van der Waals surface area contributed by atoms with Crippen LogP contribution in [0.25, 0.3) is 0 Å². The topological polar surface area (TPSA) is 52.6 Å². The molecule has 0 bridgehead atoms. The second-order valence-electron chi connectivity index (χ2n) is 4.57. The molecular formula is C14H20N2O2. The number of hydrogen-bond donors (Lipinski definition) is 2. The summed E-state index contributed by atoms with van der Waals surface area (Å²) in [5.74, 6) is 0.103. The van der Waals surface area contributed by atoms with Crippen LogP contribution in [-0.4, -0.2) is 30.6 Å². The van der Waals surface area contributed by atoms with E-state index in [9.17, 15) is 9.90 Å². The average Bonchev–Trinajstić information content (AvgIpc) is 2.62. The lowest BCUT2D eigenvalue weighted by Gasteiger charge is -2.26. The number of rotatable bonds is 3. The quantitative estimate of drug-likeness (QED) is 0.851. The lowest BCUT2D eigenvalue weighted by atomic mass is 10.0. The standard InChI is InChI=1S/C14H20N2O2/c1-2-13(17)11-5-3-4-6-12(11)16-9-7-14(18)15-8-10-16/h3-6,13,17H,2,7-10H2,1H3,(H,15,18). The summed E-state index contributed by atoms with van der Waals surface area (Å²) in [5.41, 5.74) is 2.00. The number of para-hydroxylation sites is 1. The summed E-state index contributed by atoms with van der Waals surface area (Å²) >= 11 is 0. The molecular weight excluding hydrogens is 228 g/mol. The van der Waals surface area contributed by atoms with Gasteiger partial charge in [-0.25, -0.2) is 0 Å². The summed E-state index contributed by atoms with van der Waals surface area (Å²) in [6.45, 7) is 4.13. The van der Waals surface area contributed by atoms with Gasteiger partial charge in [0.1, 0.15) is 0 Å².